The third kappa shape index (κ3) is 4.36. The summed E-state index contributed by atoms with van der Waals surface area (Å²) in [6.45, 7) is 10.8. The molecule has 0 saturated carbocycles. The number of amides is 2. The standard InChI is InChI=1S/C23H31N3O3/c1-5-24(6-2)21(27)15-25-14-19(18-9-7-8-10-20(18)25)22(28)23(29)26-12-16(3)11-17(4)13-26/h7-10,14,16-17H,5-6,11-13,15H2,1-4H3. The molecule has 3 rings (SSSR count). The van der Waals surface area contributed by atoms with Gasteiger partial charge in [-0.05, 0) is 38.2 Å². The van der Waals surface area contributed by atoms with Crippen molar-refractivity contribution in [2.24, 2.45) is 11.8 Å². The number of rotatable bonds is 6. The first-order valence-electron chi connectivity index (χ1n) is 10.5. The number of ketones is 1. The van der Waals surface area contributed by atoms with E-state index in [1.54, 1.807) is 20.6 Å². The van der Waals surface area contributed by atoms with Crippen LogP contribution in [0, 0.1) is 11.8 Å². The zero-order chi connectivity index (χ0) is 21.1. The number of fused-ring (bicyclic) bond motifs is 1. The largest absolute Gasteiger partial charge is 0.342 e. The summed E-state index contributed by atoms with van der Waals surface area (Å²) in [5.41, 5.74) is 1.17. The summed E-state index contributed by atoms with van der Waals surface area (Å²) in [5.74, 6) is -0.148. The molecule has 2 unspecified atom stereocenters. The Morgan fingerprint density at radius 2 is 1.66 bits per heavy atom. The number of hydrogen-bond acceptors (Lipinski definition) is 3. The summed E-state index contributed by atoms with van der Waals surface area (Å²) in [7, 11) is 0. The number of piperidine rings is 1. The zero-order valence-electron chi connectivity index (χ0n) is 17.9. The van der Waals surface area contributed by atoms with Crippen LogP contribution in [0.3, 0.4) is 0 Å². The highest BCUT2D eigenvalue weighted by molar-refractivity contribution is 6.44. The van der Waals surface area contributed by atoms with Crippen molar-refractivity contribution >= 4 is 28.5 Å². The number of carbonyl (C=O) groups excluding carboxylic acids is 3. The van der Waals surface area contributed by atoms with Gasteiger partial charge in [0, 0.05) is 43.3 Å². The second kappa shape index (κ2) is 8.80. The SMILES string of the molecule is CCN(CC)C(=O)Cn1cc(C(=O)C(=O)N2CC(C)CC(C)C2)c2ccccc21. The number of benzene rings is 1. The van der Waals surface area contributed by atoms with Gasteiger partial charge in [0.15, 0.2) is 0 Å². The fourth-order valence-electron chi connectivity index (χ4n) is 4.47. The predicted molar refractivity (Wildman–Crippen MR) is 114 cm³/mol. The second-order valence-electron chi connectivity index (χ2n) is 8.24. The Kier molecular flexibility index (Phi) is 6.40. The van der Waals surface area contributed by atoms with Gasteiger partial charge in [-0.1, -0.05) is 32.0 Å². The Bertz CT molecular complexity index is 903. The lowest BCUT2D eigenvalue weighted by Crippen LogP contribution is -2.45. The maximum absolute atomic E-state index is 13.1. The molecule has 2 heterocycles. The van der Waals surface area contributed by atoms with Crippen LogP contribution in [0.2, 0.25) is 0 Å². The molecule has 0 bridgehead atoms. The van der Waals surface area contributed by atoms with Crippen LogP contribution in [-0.2, 0) is 16.1 Å². The molecule has 0 aliphatic carbocycles. The molecule has 1 fully saturated rings. The van der Waals surface area contributed by atoms with Gasteiger partial charge in [-0.2, -0.15) is 0 Å². The Morgan fingerprint density at radius 1 is 1.03 bits per heavy atom. The minimum atomic E-state index is -0.489. The molecule has 156 valence electrons. The molecule has 1 aromatic carbocycles. The van der Waals surface area contributed by atoms with Gasteiger partial charge >= 0.3 is 0 Å². The quantitative estimate of drug-likeness (QED) is 0.555. The molecule has 0 N–H and O–H groups in total. The van der Waals surface area contributed by atoms with Gasteiger partial charge in [0.25, 0.3) is 11.7 Å². The zero-order valence-corrected chi connectivity index (χ0v) is 17.9. The van der Waals surface area contributed by atoms with E-state index in [1.807, 2.05) is 38.1 Å². The number of Topliss-reactive ketones (excluding diaryl/α,β-unsaturated/α-hetero) is 1. The molecule has 2 atom stereocenters. The highest BCUT2D eigenvalue weighted by Crippen LogP contribution is 2.25. The van der Waals surface area contributed by atoms with Gasteiger partial charge in [0.2, 0.25) is 5.91 Å². The lowest BCUT2D eigenvalue weighted by Gasteiger charge is -2.34. The molecule has 0 radical (unpaired) electrons. The fraction of sp³-hybridized carbons (Fsp3) is 0.522. The summed E-state index contributed by atoms with van der Waals surface area (Å²) in [6, 6.07) is 7.46. The van der Waals surface area contributed by atoms with Crippen molar-refractivity contribution in [1.29, 1.82) is 0 Å². The van der Waals surface area contributed by atoms with Crippen molar-refractivity contribution in [3.05, 3.63) is 36.0 Å². The number of likely N-dealkylation sites (N-methyl/N-ethyl adjacent to an activating group) is 1. The van der Waals surface area contributed by atoms with E-state index >= 15 is 0 Å². The highest BCUT2D eigenvalue weighted by atomic mass is 16.2. The molecule has 1 aromatic heterocycles. The minimum absolute atomic E-state index is 0.000223. The smallest absolute Gasteiger partial charge is 0.295 e. The normalized spacial score (nSPS) is 19.4. The van der Waals surface area contributed by atoms with Gasteiger partial charge in [0.05, 0.1) is 5.56 Å². The van der Waals surface area contributed by atoms with Gasteiger partial charge < -0.3 is 14.4 Å². The van der Waals surface area contributed by atoms with Crippen LogP contribution in [0.25, 0.3) is 10.9 Å². The Hall–Kier alpha value is -2.63. The van der Waals surface area contributed by atoms with Crippen LogP contribution in [0.4, 0.5) is 0 Å². The summed E-state index contributed by atoms with van der Waals surface area (Å²) >= 11 is 0. The number of carbonyl (C=O) groups is 3. The molecule has 1 aliphatic heterocycles. The second-order valence-corrected chi connectivity index (χ2v) is 8.24. The number of nitrogens with zero attached hydrogens (tertiary/aromatic N) is 3. The van der Waals surface area contributed by atoms with Crippen molar-refractivity contribution in [3.8, 4) is 0 Å². The van der Waals surface area contributed by atoms with Crippen molar-refractivity contribution in [3.63, 3.8) is 0 Å². The van der Waals surface area contributed by atoms with Crippen LogP contribution in [0.5, 0.6) is 0 Å². The molecule has 6 nitrogen and oxygen atoms in total. The van der Waals surface area contributed by atoms with Crippen LogP contribution in [0.1, 0.15) is 44.5 Å². The molecular formula is C23H31N3O3. The lowest BCUT2D eigenvalue weighted by atomic mass is 9.91. The number of aromatic nitrogens is 1. The molecule has 2 amide bonds. The van der Waals surface area contributed by atoms with Crippen molar-refractivity contribution in [2.45, 2.75) is 40.7 Å². The van der Waals surface area contributed by atoms with E-state index in [9.17, 15) is 14.4 Å². The first-order chi connectivity index (χ1) is 13.8. The van der Waals surface area contributed by atoms with Crippen molar-refractivity contribution < 1.29 is 14.4 Å². The Labute approximate surface area is 172 Å². The van der Waals surface area contributed by atoms with Crippen LogP contribution >= 0.6 is 0 Å². The predicted octanol–water partition coefficient (Wildman–Crippen LogP) is 3.20. The van der Waals surface area contributed by atoms with E-state index in [4.69, 9.17) is 0 Å². The molecule has 29 heavy (non-hydrogen) atoms. The van der Waals surface area contributed by atoms with Crippen LogP contribution < -0.4 is 0 Å². The Morgan fingerprint density at radius 3 is 2.28 bits per heavy atom. The van der Waals surface area contributed by atoms with Gasteiger partial charge in [-0.3, -0.25) is 14.4 Å². The van der Waals surface area contributed by atoms with E-state index < -0.39 is 11.7 Å². The summed E-state index contributed by atoms with van der Waals surface area (Å²) in [4.78, 5) is 42.1. The number of hydrogen-bond donors (Lipinski definition) is 0. The van der Waals surface area contributed by atoms with E-state index in [1.165, 1.54) is 0 Å². The summed E-state index contributed by atoms with van der Waals surface area (Å²) in [5, 5.41) is 0.719. The molecule has 1 saturated heterocycles. The third-order valence-electron chi connectivity index (χ3n) is 5.81. The van der Waals surface area contributed by atoms with Gasteiger partial charge in [0.1, 0.15) is 6.54 Å². The maximum Gasteiger partial charge on any atom is 0.295 e. The molecule has 0 spiro atoms. The van der Waals surface area contributed by atoms with Crippen molar-refractivity contribution in [1.82, 2.24) is 14.4 Å². The van der Waals surface area contributed by atoms with Crippen LogP contribution in [-0.4, -0.2) is 58.1 Å². The van der Waals surface area contributed by atoms with E-state index in [0.717, 1.165) is 17.3 Å². The van der Waals surface area contributed by atoms with Gasteiger partial charge in [-0.15, -0.1) is 0 Å². The number of likely N-dealkylation sites (tertiary alicyclic amines) is 1. The monoisotopic (exact) mass is 397 g/mol. The number of para-hydroxylation sites is 1. The highest BCUT2D eigenvalue weighted by Gasteiger charge is 2.31. The fourth-order valence-corrected chi connectivity index (χ4v) is 4.47. The maximum atomic E-state index is 13.1. The topological polar surface area (TPSA) is 62.6 Å². The molecule has 2 aromatic rings. The van der Waals surface area contributed by atoms with E-state index in [0.29, 0.717) is 43.6 Å². The first kappa shape index (κ1) is 21.1. The Balaban J connectivity index is 1.90. The first-order valence-corrected chi connectivity index (χ1v) is 10.5. The minimum Gasteiger partial charge on any atom is -0.342 e. The third-order valence-corrected chi connectivity index (χ3v) is 5.81. The average Bonchev–Trinajstić information content (AvgIpc) is 3.05. The average molecular weight is 398 g/mol. The van der Waals surface area contributed by atoms with Crippen molar-refractivity contribution in [2.75, 3.05) is 26.2 Å². The molecule has 6 heteroatoms. The van der Waals surface area contributed by atoms with E-state index in [2.05, 4.69) is 13.8 Å². The van der Waals surface area contributed by atoms with E-state index in [-0.39, 0.29) is 12.5 Å². The summed E-state index contributed by atoms with van der Waals surface area (Å²) in [6.07, 6.45) is 2.74. The molecule has 1 aliphatic rings. The van der Waals surface area contributed by atoms with Crippen LogP contribution in [0.15, 0.2) is 30.5 Å². The molecular weight excluding hydrogens is 366 g/mol. The lowest BCUT2D eigenvalue weighted by molar-refractivity contribution is -0.131. The summed E-state index contributed by atoms with van der Waals surface area (Å²) < 4.78 is 1.79. The van der Waals surface area contributed by atoms with Gasteiger partial charge in [-0.25, -0.2) is 0 Å².